The number of hydrogen-bond acceptors (Lipinski definition) is 6. The molecule has 1 aliphatic heterocycles. The van der Waals surface area contributed by atoms with E-state index >= 15 is 0 Å². The molecule has 4 rings (SSSR count). The van der Waals surface area contributed by atoms with Crippen LogP contribution in [0.3, 0.4) is 0 Å². The molecule has 0 spiro atoms. The minimum Gasteiger partial charge on any atom is -0.454 e. The molecule has 190 valence electrons. The van der Waals surface area contributed by atoms with E-state index in [4.69, 9.17) is 38.4 Å². The van der Waals surface area contributed by atoms with Gasteiger partial charge in [-0.15, -0.1) is 16.2 Å². The molecular weight excluding hydrogens is 555 g/mol. The highest BCUT2D eigenvalue weighted by molar-refractivity contribution is 7.99. The van der Waals surface area contributed by atoms with Gasteiger partial charge in [-0.3, -0.25) is 0 Å². The fourth-order valence-electron chi connectivity index (χ4n) is 3.14. The molecule has 0 amide bonds. The summed E-state index contributed by atoms with van der Waals surface area (Å²) >= 11 is 13.9. The standard InChI is InChI=1S/C25H20Cl2N4O4S2/c1-16-10-24(37(32,33)31-25(28)30-29-9-5-8-17-6-3-2-4-7-17)23(13-19(16)26)36-14-18-11-21-22(12-20(18)27)35-15-34-21/h2-4,6-7,9-13H,14-15H2,1H3,(H3,28,30,31)/b29-9+. The number of guanidine groups is 1. The zero-order valence-corrected chi connectivity index (χ0v) is 22.5. The first-order chi connectivity index (χ1) is 17.7. The van der Waals surface area contributed by atoms with Crippen LogP contribution in [0.2, 0.25) is 10.0 Å². The Balaban J connectivity index is 1.51. The number of nitrogens with one attached hydrogen (secondary N) is 1. The average molecular weight is 575 g/mol. The number of nitrogens with zero attached hydrogens (tertiary/aromatic N) is 2. The Morgan fingerprint density at radius 3 is 2.62 bits per heavy atom. The summed E-state index contributed by atoms with van der Waals surface area (Å²) in [5.74, 6) is 6.66. The molecule has 0 aliphatic carbocycles. The molecule has 0 fully saturated rings. The number of aryl methyl sites for hydroxylation is 1. The molecule has 1 heterocycles. The van der Waals surface area contributed by atoms with Crippen LogP contribution in [-0.4, -0.2) is 27.4 Å². The molecule has 0 radical (unpaired) electrons. The van der Waals surface area contributed by atoms with Crippen molar-refractivity contribution < 1.29 is 17.9 Å². The predicted octanol–water partition coefficient (Wildman–Crippen LogP) is 4.95. The maximum Gasteiger partial charge on any atom is 0.286 e. The molecule has 37 heavy (non-hydrogen) atoms. The van der Waals surface area contributed by atoms with Gasteiger partial charge in [-0.05, 0) is 54.3 Å². The molecule has 3 aromatic carbocycles. The third-order valence-electron chi connectivity index (χ3n) is 4.94. The van der Waals surface area contributed by atoms with Crippen molar-refractivity contribution >= 4 is 57.2 Å². The van der Waals surface area contributed by atoms with Gasteiger partial charge in [0.05, 0.1) is 6.21 Å². The summed E-state index contributed by atoms with van der Waals surface area (Å²) in [7, 11) is -4.21. The van der Waals surface area contributed by atoms with Crippen molar-refractivity contribution in [1.29, 1.82) is 0 Å². The van der Waals surface area contributed by atoms with Gasteiger partial charge in [-0.1, -0.05) is 47.3 Å². The molecule has 3 aromatic rings. The Kier molecular flexibility index (Phi) is 8.51. The van der Waals surface area contributed by atoms with Crippen LogP contribution in [0.25, 0.3) is 0 Å². The summed E-state index contributed by atoms with van der Waals surface area (Å²) in [6.07, 6.45) is 1.25. The number of thioether (sulfide) groups is 1. The van der Waals surface area contributed by atoms with Gasteiger partial charge in [-0.25, -0.2) is 5.43 Å². The van der Waals surface area contributed by atoms with Crippen molar-refractivity contribution in [3.05, 3.63) is 81.3 Å². The Bertz CT molecular complexity index is 1550. The zero-order valence-electron chi connectivity index (χ0n) is 19.4. The SMILES string of the molecule is Cc1cc(S(=O)(=O)N=C(N)N/N=C/C#Cc2ccccc2)c(SCc2cc3c(cc2Cl)OCO3)cc1Cl. The van der Waals surface area contributed by atoms with E-state index in [1.807, 2.05) is 30.3 Å². The van der Waals surface area contributed by atoms with Gasteiger partial charge in [0.2, 0.25) is 12.8 Å². The van der Waals surface area contributed by atoms with Crippen LogP contribution in [0.15, 0.2) is 73.9 Å². The number of rotatable bonds is 6. The molecule has 0 aromatic heterocycles. The molecule has 0 saturated carbocycles. The molecule has 0 bridgehead atoms. The van der Waals surface area contributed by atoms with Gasteiger partial charge in [0, 0.05) is 32.3 Å². The van der Waals surface area contributed by atoms with Gasteiger partial charge in [0.15, 0.2) is 11.5 Å². The summed E-state index contributed by atoms with van der Waals surface area (Å²) in [6.45, 7) is 1.82. The van der Waals surface area contributed by atoms with Crippen molar-refractivity contribution in [1.82, 2.24) is 5.43 Å². The summed E-state index contributed by atoms with van der Waals surface area (Å²) in [5.41, 5.74) is 10.3. The van der Waals surface area contributed by atoms with Gasteiger partial charge in [0.25, 0.3) is 10.0 Å². The third-order valence-corrected chi connectivity index (χ3v) is 8.27. The van der Waals surface area contributed by atoms with E-state index in [9.17, 15) is 8.42 Å². The van der Waals surface area contributed by atoms with E-state index in [1.165, 1.54) is 24.0 Å². The lowest BCUT2D eigenvalue weighted by Crippen LogP contribution is -2.28. The quantitative estimate of drug-likeness (QED) is 0.141. The minimum absolute atomic E-state index is 0.0473. The first kappa shape index (κ1) is 26.7. The molecule has 8 nitrogen and oxygen atoms in total. The maximum absolute atomic E-state index is 13.1. The van der Waals surface area contributed by atoms with Crippen LogP contribution in [0, 0.1) is 18.8 Å². The Labute approximate surface area is 228 Å². The molecule has 1 aliphatic rings. The Hall–Kier alpha value is -3.36. The van der Waals surface area contributed by atoms with Crippen LogP contribution >= 0.6 is 35.0 Å². The highest BCUT2D eigenvalue weighted by Crippen LogP contribution is 2.40. The van der Waals surface area contributed by atoms with E-state index in [2.05, 4.69) is 26.8 Å². The molecular formula is C25H20Cl2N4O4S2. The van der Waals surface area contributed by atoms with Crippen LogP contribution in [0.4, 0.5) is 0 Å². The normalized spacial score (nSPS) is 12.9. The monoisotopic (exact) mass is 574 g/mol. The topological polar surface area (TPSA) is 115 Å². The molecule has 0 saturated heterocycles. The van der Waals surface area contributed by atoms with Crippen LogP contribution in [-0.2, 0) is 15.8 Å². The second-order valence-corrected chi connectivity index (χ2v) is 11.0. The number of sulfonamides is 1. The Morgan fingerprint density at radius 2 is 1.86 bits per heavy atom. The molecule has 12 heteroatoms. The lowest BCUT2D eigenvalue weighted by Gasteiger charge is -2.12. The highest BCUT2D eigenvalue weighted by atomic mass is 35.5. The number of hydrogen-bond donors (Lipinski definition) is 2. The van der Waals surface area contributed by atoms with Crippen molar-refractivity contribution in [2.24, 2.45) is 15.2 Å². The van der Waals surface area contributed by atoms with Crippen molar-refractivity contribution in [2.45, 2.75) is 22.5 Å². The summed E-state index contributed by atoms with van der Waals surface area (Å²) in [6, 6.07) is 15.8. The van der Waals surface area contributed by atoms with Crippen LogP contribution in [0.5, 0.6) is 11.5 Å². The predicted molar refractivity (Wildman–Crippen MR) is 147 cm³/mol. The number of nitrogens with two attached hydrogens (primary N) is 1. The van der Waals surface area contributed by atoms with Gasteiger partial charge in [-0.2, -0.15) is 13.5 Å². The van der Waals surface area contributed by atoms with Crippen molar-refractivity contribution in [3.63, 3.8) is 0 Å². The largest absolute Gasteiger partial charge is 0.454 e. The zero-order chi connectivity index (χ0) is 26.4. The lowest BCUT2D eigenvalue weighted by atomic mass is 10.2. The molecule has 3 N–H and O–H groups in total. The van der Waals surface area contributed by atoms with Gasteiger partial charge in [0.1, 0.15) is 4.90 Å². The van der Waals surface area contributed by atoms with E-state index in [0.717, 1.165) is 11.1 Å². The van der Waals surface area contributed by atoms with E-state index in [1.54, 1.807) is 25.1 Å². The smallest absolute Gasteiger partial charge is 0.286 e. The summed E-state index contributed by atoms with van der Waals surface area (Å²) < 4.78 is 40.6. The van der Waals surface area contributed by atoms with Crippen LogP contribution in [0.1, 0.15) is 16.7 Å². The number of fused-ring (bicyclic) bond motifs is 1. The first-order valence-corrected chi connectivity index (χ1v) is 13.9. The fraction of sp³-hybridized carbons (Fsp3) is 0.120. The van der Waals surface area contributed by atoms with Crippen molar-refractivity contribution in [2.75, 3.05) is 6.79 Å². The number of benzene rings is 3. The van der Waals surface area contributed by atoms with E-state index in [-0.39, 0.29) is 11.7 Å². The van der Waals surface area contributed by atoms with Gasteiger partial charge < -0.3 is 15.2 Å². The third kappa shape index (κ3) is 6.90. The number of ether oxygens (including phenoxy) is 2. The highest BCUT2D eigenvalue weighted by Gasteiger charge is 2.22. The molecule has 0 atom stereocenters. The number of halogens is 2. The van der Waals surface area contributed by atoms with E-state index in [0.29, 0.717) is 37.8 Å². The second-order valence-electron chi connectivity index (χ2n) is 7.59. The second kappa shape index (κ2) is 11.8. The van der Waals surface area contributed by atoms with Crippen LogP contribution < -0.4 is 20.6 Å². The van der Waals surface area contributed by atoms with Crippen molar-refractivity contribution in [3.8, 4) is 23.3 Å². The minimum atomic E-state index is -4.21. The lowest BCUT2D eigenvalue weighted by molar-refractivity contribution is 0.174. The Morgan fingerprint density at radius 1 is 1.14 bits per heavy atom. The van der Waals surface area contributed by atoms with Gasteiger partial charge >= 0.3 is 0 Å². The number of hydrazone groups is 1. The van der Waals surface area contributed by atoms with E-state index < -0.39 is 16.0 Å². The summed E-state index contributed by atoms with van der Waals surface area (Å²) in [5, 5.41) is 4.68. The summed E-state index contributed by atoms with van der Waals surface area (Å²) in [4.78, 5) is 0.340. The fourth-order valence-corrected chi connectivity index (χ4v) is 6.15. The first-order valence-electron chi connectivity index (χ1n) is 10.7. The average Bonchev–Trinajstić information content (AvgIpc) is 3.31. The molecule has 0 unspecified atom stereocenters. The maximum atomic E-state index is 13.1.